The molecule has 0 aromatic carbocycles. The van der Waals surface area contributed by atoms with E-state index in [1.54, 1.807) is 6.20 Å². The van der Waals surface area contributed by atoms with Gasteiger partial charge in [0.2, 0.25) is 0 Å². The van der Waals surface area contributed by atoms with E-state index in [4.69, 9.17) is 11.6 Å². The third kappa shape index (κ3) is 1.84. The van der Waals surface area contributed by atoms with Crippen LogP contribution in [0.1, 0.15) is 36.4 Å². The number of alkyl halides is 1. The van der Waals surface area contributed by atoms with E-state index in [2.05, 4.69) is 15.2 Å². The molecule has 88 valence electrons. The summed E-state index contributed by atoms with van der Waals surface area (Å²) in [5.41, 5.74) is 4.36. The second kappa shape index (κ2) is 4.49. The van der Waals surface area contributed by atoms with Gasteiger partial charge in [0.05, 0.1) is 11.6 Å². The predicted molar refractivity (Wildman–Crippen MR) is 68.0 cm³/mol. The van der Waals surface area contributed by atoms with Gasteiger partial charge in [-0.15, -0.1) is 11.6 Å². The summed E-state index contributed by atoms with van der Waals surface area (Å²) in [7, 11) is 0. The van der Waals surface area contributed by atoms with Crippen molar-refractivity contribution in [2.45, 2.75) is 31.1 Å². The average Bonchev–Trinajstić information content (AvgIpc) is 2.71. The molecule has 17 heavy (non-hydrogen) atoms. The van der Waals surface area contributed by atoms with Gasteiger partial charge in [-0.2, -0.15) is 5.10 Å². The average molecular weight is 248 g/mol. The highest BCUT2D eigenvalue weighted by molar-refractivity contribution is 6.17. The van der Waals surface area contributed by atoms with Crippen LogP contribution in [0.25, 0.3) is 11.3 Å². The van der Waals surface area contributed by atoms with E-state index in [0.717, 1.165) is 16.8 Å². The number of H-pyrrole nitrogens is 1. The van der Waals surface area contributed by atoms with E-state index in [1.807, 2.05) is 18.3 Å². The highest BCUT2D eigenvalue weighted by atomic mass is 35.5. The fraction of sp³-hybridized carbons (Fsp3) is 0.385. The van der Waals surface area contributed by atoms with Crippen LogP contribution in [0.15, 0.2) is 24.5 Å². The monoisotopic (exact) mass is 247 g/mol. The highest BCUT2D eigenvalue weighted by Gasteiger charge is 2.26. The molecule has 1 fully saturated rings. The Morgan fingerprint density at radius 1 is 1.41 bits per heavy atom. The maximum absolute atomic E-state index is 6.07. The van der Waals surface area contributed by atoms with Crippen molar-refractivity contribution in [2.24, 2.45) is 0 Å². The lowest BCUT2D eigenvalue weighted by molar-refractivity contribution is 0.409. The molecule has 0 spiro atoms. The van der Waals surface area contributed by atoms with E-state index in [-0.39, 0.29) is 0 Å². The quantitative estimate of drug-likeness (QED) is 0.844. The molecule has 0 saturated heterocycles. The minimum absolute atomic E-state index is 0.507. The van der Waals surface area contributed by atoms with Crippen molar-refractivity contribution in [3.63, 3.8) is 0 Å². The molecule has 2 heterocycles. The second-order valence-corrected chi connectivity index (χ2v) is 4.73. The summed E-state index contributed by atoms with van der Waals surface area (Å²) in [4.78, 5) is 4.13. The van der Waals surface area contributed by atoms with Gasteiger partial charge in [-0.1, -0.05) is 6.42 Å². The van der Waals surface area contributed by atoms with Gasteiger partial charge in [0.15, 0.2) is 0 Å². The number of hydrogen-bond donors (Lipinski definition) is 1. The molecule has 4 heteroatoms. The van der Waals surface area contributed by atoms with Gasteiger partial charge in [-0.3, -0.25) is 10.1 Å². The first-order chi connectivity index (χ1) is 8.40. The van der Waals surface area contributed by atoms with Gasteiger partial charge < -0.3 is 0 Å². The Morgan fingerprint density at radius 3 is 2.88 bits per heavy atom. The summed E-state index contributed by atoms with van der Waals surface area (Å²) in [5, 5.41) is 7.57. The van der Waals surface area contributed by atoms with Crippen LogP contribution in [0.3, 0.4) is 0 Å². The summed E-state index contributed by atoms with van der Waals surface area (Å²) < 4.78 is 0. The molecule has 1 aliphatic carbocycles. The number of nitrogens with zero attached hydrogens (tertiary/aromatic N) is 2. The van der Waals surface area contributed by atoms with Gasteiger partial charge in [-0.25, -0.2) is 0 Å². The Kier molecular flexibility index (Phi) is 2.85. The first kappa shape index (κ1) is 10.8. The molecule has 1 N–H and O–H groups in total. The van der Waals surface area contributed by atoms with Gasteiger partial charge in [0.25, 0.3) is 0 Å². The summed E-state index contributed by atoms with van der Waals surface area (Å²) in [6, 6.07) is 3.94. The lowest BCUT2D eigenvalue weighted by atomic mass is 9.81. The van der Waals surface area contributed by atoms with Gasteiger partial charge in [-0.05, 0) is 25.0 Å². The SMILES string of the molecule is ClCc1c(-c2cccnc2)n[nH]c1C1CCC1. The molecular weight excluding hydrogens is 234 g/mol. The van der Waals surface area contributed by atoms with Crippen LogP contribution in [-0.4, -0.2) is 15.2 Å². The van der Waals surface area contributed by atoms with Crippen molar-refractivity contribution >= 4 is 11.6 Å². The molecule has 2 aromatic rings. The van der Waals surface area contributed by atoms with Crippen LogP contribution in [0, 0.1) is 0 Å². The molecule has 1 saturated carbocycles. The second-order valence-electron chi connectivity index (χ2n) is 4.47. The van der Waals surface area contributed by atoms with E-state index < -0.39 is 0 Å². The summed E-state index contributed by atoms with van der Waals surface area (Å²) in [6.45, 7) is 0. The topological polar surface area (TPSA) is 41.6 Å². The van der Waals surface area contributed by atoms with Gasteiger partial charge in [0, 0.05) is 35.1 Å². The van der Waals surface area contributed by atoms with Crippen molar-refractivity contribution in [1.82, 2.24) is 15.2 Å². The minimum Gasteiger partial charge on any atom is -0.281 e. The normalized spacial score (nSPS) is 15.8. The van der Waals surface area contributed by atoms with Crippen molar-refractivity contribution in [1.29, 1.82) is 0 Å². The van der Waals surface area contributed by atoms with Crippen molar-refractivity contribution < 1.29 is 0 Å². The molecule has 1 aliphatic rings. The number of hydrogen-bond acceptors (Lipinski definition) is 2. The lowest BCUT2D eigenvalue weighted by Crippen LogP contribution is -2.10. The molecular formula is C13H14ClN3. The van der Waals surface area contributed by atoms with Crippen LogP contribution in [0.5, 0.6) is 0 Å². The standard InChI is InChI=1S/C13H14ClN3/c14-7-11-12(9-3-1-4-9)16-17-13(11)10-5-2-6-15-8-10/h2,5-6,8-9H,1,3-4,7H2,(H,16,17). The van der Waals surface area contributed by atoms with E-state index in [1.165, 1.54) is 25.0 Å². The molecule has 0 bridgehead atoms. The van der Waals surface area contributed by atoms with Crippen molar-refractivity contribution in [3.8, 4) is 11.3 Å². The molecule has 2 aromatic heterocycles. The Hall–Kier alpha value is -1.35. The Balaban J connectivity index is 2.02. The Morgan fingerprint density at radius 2 is 2.29 bits per heavy atom. The predicted octanol–water partition coefficient (Wildman–Crippen LogP) is 3.48. The van der Waals surface area contributed by atoms with E-state index >= 15 is 0 Å². The zero-order valence-electron chi connectivity index (χ0n) is 9.49. The third-order valence-corrected chi connectivity index (χ3v) is 3.75. The van der Waals surface area contributed by atoms with Crippen LogP contribution in [0.4, 0.5) is 0 Å². The first-order valence-corrected chi connectivity index (χ1v) is 6.47. The fourth-order valence-corrected chi connectivity index (χ4v) is 2.56. The third-order valence-electron chi connectivity index (χ3n) is 3.48. The molecule has 0 unspecified atom stereocenters. The van der Waals surface area contributed by atoms with Gasteiger partial charge >= 0.3 is 0 Å². The maximum atomic E-state index is 6.07. The van der Waals surface area contributed by atoms with Crippen LogP contribution in [0.2, 0.25) is 0 Å². The minimum atomic E-state index is 0.507. The molecule has 0 amide bonds. The van der Waals surface area contributed by atoms with E-state index in [0.29, 0.717) is 11.8 Å². The fourth-order valence-electron chi connectivity index (χ4n) is 2.29. The zero-order valence-corrected chi connectivity index (χ0v) is 10.2. The smallest absolute Gasteiger partial charge is 0.0983 e. The van der Waals surface area contributed by atoms with E-state index in [9.17, 15) is 0 Å². The number of rotatable bonds is 3. The van der Waals surface area contributed by atoms with Gasteiger partial charge in [0.1, 0.15) is 0 Å². The molecule has 0 radical (unpaired) electrons. The van der Waals surface area contributed by atoms with Crippen LogP contribution < -0.4 is 0 Å². The summed E-state index contributed by atoms with van der Waals surface area (Å²) in [6.07, 6.45) is 7.41. The number of nitrogens with one attached hydrogen (secondary N) is 1. The van der Waals surface area contributed by atoms with Crippen molar-refractivity contribution in [2.75, 3.05) is 0 Å². The molecule has 3 nitrogen and oxygen atoms in total. The molecule has 3 rings (SSSR count). The summed E-state index contributed by atoms with van der Waals surface area (Å²) >= 11 is 6.07. The van der Waals surface area contributed by atoms with Crippen LogP contribution >= 0.6 is 11.6 Å². The number of aromatic amines is 1. The highest BCUT2D eigenvalue weighted by Crippen LogP contribution is 2.39. The molecule has 0 aliphatic heterocycles. The van der Waals surface area contributed by atoms with Crippen LogP contribution in [-0.2, 0) is 5.88 Å². The maximum Gasteiger partial charge on any atom is 0.0983 e. The number of halogens is 1. The summed E-state index contributed by atoms with van der Waals surface area (Å²) in [5.74, 6) is 1.13. The Labute approximate surface area is 105 Å². The largest absolute Gasteiger partial charge is 0.281 e. The lowest BCUT2D eigenvalue weighted by Gasteiger charge is -2.24. The number of pyridine rings is 1. The first-order valence-electron chi connectivity index (χ1n) is 5.93. The zero-order chi connectivity index (χ0) is 11.7. The Bertz CT molecular complexity index is 503. The number of aromatic nitrogens is 3. The van der Waals surface area contributed by atoms with Crippen molar-refractivity contribution in [3.05, 3.63) is 35.8 Å². The molecule has 0 atom stereocenters.